The molecule has 2 rings (SSSR count). The number of carbonyl (C=O) groups is 2. The molecule has 162 valence electrons. The molecule has 0 saturated heterocycles. The van der Waals surface area contributed by atoms with Crippen molar-refractivity contribution in [3.63, 3.8) is 0 Å². The summed E-state index contributed by atoms with van der Waals surface area (Å²) in [6, 6.07) is 14.4. The number of rotatable bonds is 13. The summed E-state index contributed by atoms with van der Waals surface area (Å²) in [5.74, 6) is -0.985. The number of nitrogens with one attached hydrogen (secondary N) is 2. The van der Waals surface area contributed by atoms with Gasteiger partial charge in [0.1, 0.15) is 0 Å². The van der Waals surface area contributed by atoms with Crippen LogP contribution in [-0.2, 0) is 0 Å². The van der Waals surface area contributed by atoms with Crippen LogP contribution in [0.5, 0.6) is 0 Å². The molecule has 2 N–H and O–H groups in total. The highest BCUT2D eigenvalue weighted by atomic mass is 16.2. The zero-order chi connectivity index (χ0) is 21.9. The molecular formula is C24H34N4O2. The molecule has 0 aliphatic heterocycles. The van der Waals surface area contributed by atoms with Gasteiger partial charge in [-0.1, -0.05) is 24.3 Å². The van der Waals surface area contributed by atoms with E-state index in [1.165, 1.54) is 0 Å². The Morgan fingerprint density at radius 2 is 1.03 bits per heavy atom. The Kier molecular flexibility index (Phi) is 9.51. The van der Waals surface area contributed by atoms with Crippen molar-refractivity contribution in [3.05, 3.63) is 59.7 Å². The summed E-state index contributed by atoms with van der Waals surface area (Å²) in [6.07, 6.45) is 1.90. The van der Waals surface area contributed by atoms with Crippen molar-refractivity contribution in [2.24, 2.45) is 0 Å². The van der Waals surface area contributed by atoms with E-state index in [0.717, 1.165) is 39.0 Å². The van der Waals surface area contributed by atoms with Crippen molar-refractivity contribution in [3.8, 4) is 0 Å². The molecule has 2 aromatic carbocycles. The zero-order valence-corrected chi connectivity index (χ0v) is 18.6. The van der Waals surface area contributed by atoms with E-state index in [1.807, 2.05) is 52.5 Å². The Hall–Kier alpha value is -2.70. The maximum atomic E-state index is 13.0. The molecule has 0 heterocycles. The first-order chi connectivity index (χ1) is 14.4. The fraction of sp³-hybridized carbons (Fsp3) is 0.417. The smallest absolute Gasteiger partial charge is 0.235 e. The average Bonchev–Trinajstić information content (AvgIpc) is 2.73. The van der Waals surface area contributed by atoms with Crippen molar-refractivity contribution in [1.82, 2.24) is 9.80 Å². The van der Waals surface area contributed by atoms with Crippen molar-refractivity contribution in [1.29, 1.82) is 0 Å². The molecule has 0 atom stereocenters. The quantitative estimate of drug-likeness (QED) is 0.299. The van der Waals surface area contributed by atoms with Gasteiger partial charge < -0.3 is 20.4 Å². The number of hydrogen-bond acceptors (Lipinski definition) is 6. The maximum Gasteiger partial charge on any atom is 0.235 e. The van der Waals surface area contributed by atoms with E-state index in [4.69, 9.17) is 0 Å². The first-order valence-electron chi connectivity index (χ1n) is 10.4. The fourth-order valence-corrected chi connectivity index (χ4v) is 3.15. The molecule has 6 nitrogen and oxygen atoms in total. The minimum atomic E-state index is -0.492. The second-order valence-electron chi connectivity index (χ2n) is 7.92. The fourth-order valence-electron chi connectivity index (χ4n) is 3.15. The molecule has 0 fully saturated rings. The van der Waals surface area contributed by atoms with E-state index < -0.39 is 11.6 Å². The van der Waals surface area contributed by atoms with Gasteiger partial charge in [-0.15, -0.1) is 0 Å². The largest absolute Gasteiger partial charge is 0.384 e. The molecule has 0 unspecified atom stereocenters. The minimum absolute atomic E-state index is 0.412. The molecule has 0 bridgehead atoms. The highest BCUT2D eigenvalue weighted by molar-refractivity contribution is 6.51. The topological polar surface area (TPSA) is 64.7 Å². The molecule has 0 amide bonds. The summed E-state index contributed by atoms with van der Waals surface area (Å²) < 4.78 is 0. The molecule has 0 aromatic heterocycles. The summed E-state index contributed by atoms with van der Waals surface area (Å²) >= 11 is 0. The van der Waals surface area contributed by atoms with Crippen molar-refractivity contribution < 1.29 is 9.59 Å². The van der Waals surface area contributed by atoms with E-state index in [1.54, 1.807) is 24.3 Å². The Morgan fingerprint density at radius 3 is 1.40 bits per heavy atom. The van der Waals surface area contributed by atoms with E-state index in [-0.39, 0.29) is 0 Å². The molecule has 0 aliphatic rings. The van der Waals surface area contributed by atoms with Gasteiger partial charge in [-0.2, -0.15) is 0 Å². The van der Waals surface area contributed by atoms with Gasteiger partial charge >= 0.3 is 0 Å². The summed E-state index contributed by atoms with van der Waals surface area (Å²) in [4.78, 5) is 30.3. The van der Waals surface area contributed by atoms with Crippen LogP contribution in [0.3, 0.4) is 0 Å². The highest BCUT2D eigenvalue weighted by Crippen LogP contribution is 2.21. The van der Waals surface area contributed by atoms with Crippen LogP contribution in [0.4, 0.5) is 11.4 Å². The highest BCUT2D eigenvalue weighted by Gasteiger charge is 2.23. The normalized spacial score (nSPS) is 11.0. The zero-order valence-electron chi connectivity index (χ0n) is 18.6. The van der Waals surface area contributed by atoms with Gasteiger partial charge in [-0.3, -0.25) is 9.59 Å². The van der Waals surface area contributed by atoms with E-state index in [9.17, 15) is 9.59 Å². The summed E-state index contributed by atoms with van der Waals surface area (Å²) in [6.45, 7) is 3.38. The van der Waals surface area contributed by atoms with Crippen LogP contribution in [0.2, 0.25) is 0 Å². The molecule has 0 saturated carbocycles. The van der Waals surface area contributed by atoms with Gasteiger partial charge in [0.25, 0.3) is 0 Å². The number of para-hydroxylation sites is 2. The van der Waals surface area contributed by atoms with Gasteiger partial charge in [-0.25, -0.2) is 0 Å². The summed E-state index contributed by atoms with van der Waals surface area (Å²) in [7, 11) is 8.12. The first kappa shape index (κ1) is 23.6. The lowest BCUT2D eigenvalue weighted by molar-refractivity contribution is 0.0818. The van der Waals surface area contributed by atoms with Crippen molar-refractivity contribution >= 4 is 22.9 Å². The lowest BCUT2D eigenvalue weighted by atomic mass is 9.98. The average molecular weight is 411 g/mol. The van der Waals surface area contributed by atoms with Gasteiger partial charge in [0.2, 0.25) is 11.6 Å². The number of nitrogens with zero attached hydrogens (tertiary/aromatic N) is 2. The summed E-state index contributed by atoms with van der Waals surface area (Å²) in [5, 5.41) is 6.61. The predicted octanol–water partition coefficient (Wildman–Crippen LogP) is 3.48. The van der Waals surface area contributed by atoms with Gasteiger partial charge in [0.05, 0.1) is 0 Å². The standard InChI is InChI=1S/C24H34N4O2/c1-27(2)17-9-15-25-21-13-7-5-11-19(21)23(29)24(30)20-12-6-8-14-22(20)26-16-10-18-28(3)4/h5-8,11-14,25-26H,9-10,15-18H2,1-4H3. The Bertz CT molecular complexity index is 764. The first-order valence-corrected chi connectivity index (χ1v) is 10.4. The third kappa shape index (κ3) is 7.28. The number of hydrogen-bond donors (Lipinski definition) is 2. The third-order valence-electron chi connectivity index (χ3n) is 4.74. The third-order valence-corrected chi connectivity index (χ3v) is 4.74. The molecule has 0 radical (unpaired) electrons. The second kappa shape index (κ2) is 12.1. The second-order valence-corrected chi connectivity index (χ2v) is 7.92. The number of carbonyl (C=O) groups excluding carboxylic acids is 2. The lowest BCUT2D eigenvalue weighted by Crippen LogP contribution is -2.20. The van der Waals surface area contributed by atoms with Crippen LogP contribution in [0, 0.1) is 0 Å². The molecule has 0 spiro atoms. The Labute approximate surface area is 180 Å². The number of Topliss-reactive ketones (excluding diaryl/α,β-unsaturated/α-hetero) is 2. The Balaban J connectivity index is 2.10. The lowest BCUT2D eigenvalue weighted by Gasteiger charge is -2.15. The van der Waals surface area contributed by atoms with E-state index in [2.05, 4.69) is 20.4 Å². The number of ketones is 2. The van der Waals surface area contributed by atoms with Gasteiger partial charge in [0, 0.05) is 35.6 Å². The number of benzene rings is 2. The molecule has 30 heavy (non-hydrogen) atoms. The Morgan fingerprint density at radius 1 is 0.667 bits per heavy atom. The SMILES string of the molecule is CN(C)CCCNc1ccccc1C(=O)C(=O)c1ccccc1NCCCN(C)C. The number of anilines is 2. The monoisotopic (exact) mass is 410 g/mol. The van der Waals surface area contributed by atoms with Crippen molar-refractivity contribution in [2.45, 2.75) is 12.8 Å². The maximum absolute atomic E-state index is 13.0. The van der Waals surface area contributed by atoms with E-state index >= 15 is 0 Å². The predicted molar refractivity (Wildman–Crippen MR) is 125 cm³/mol. The van der Waals surface area contributed by atoms with Crippen LogP contribution >= 0.6 is 0 Å². The van der Waals surface area contributed by atoms with Crippen LogP contribution in [0.1, 0.15) is 33.6 Å². The molecule has 2 aromatic rings. The van der Waals surface area contributed by atoms with Gasteiger partial charge in [-0.05, 0) is 78.4 Å². The van der Waals surface area contributed by atoms with Crippen LogP contribution in [0.25, 0.3) is 0 Å². The molecule has 0 aliphatic carbocycles. The van der Waals surface area contributed by atoms with Crippen molar-refractivity contribution in [2.75, 3.05) is 65.0 Å². The molecular weight excluding hydrogens is 376 g/mol. The minimum Gasteiger partial charge on any atom is -0.384 e. The van der Waals surface area contributed by atoms with E-state index in [0.29, 0.717) is 22.5 Å². The van der Waals surface area contributed by atoms with Crippen LogP contribution in [-0.4, -0.2) is 75.7 Å². The van der Waals surface area contributed by atoms with Crippen LogP contribution < -0.4 is 10.6 Å². The summed E-state index contributed by atoms with van der Waals surface area (Å²) in [5.41, 5.74) is 2.22. The molecule has 6 heteroatoms. The van der Waals surface area contributed by atoms with Crippen LogP contribution in [0.15, 0.2) is 48.5 Å². The van der Waals surface area contributed by atoms with Gasteiger partial charge in [0.15, 0.2) is 0 Å².